The third-order valence-corrected chi connectivity index (χ3v) is 5.40. The van der Waals surface area contributed by atoms with Crippen molar-refractivity contribution in [3.8, 4) is 0 Å². The first-order valence-corrected chi connectivity index (χ1v) is 9.00. The number of hydrogen-bond donors (Lipinski definition) is 1. The number of likely N-dealkylation sites (tertiary alicyclic amines) is 1. The van der Waals surface area contributed by atoms with Gasteiger partial charge in [-0.3, -0.25) is 14.6 Å². The first kappa shape index (κ1) is 16.6. The van der Waals surface area contributed by atoms with Crippen molar-refractivity contribution in [3.63, 3.8) is 0 Å². The molecule has 0 aliphatic carbocycles. The summed E-state index contributed by atoms with van der Waals surface area (Å²) in [6.07, 6.45) is 3.01. The van der Waals surface area contributed by atoms with Crippen molar-refractivity contribution in [2.45, 2.75) is 32.9 Å². The Balaban J connectivity index is 1.52. The summed E-state index contributed by atoms with van der Waals surface area (Å²) in [6, 6.07) is 9.79. The van der Waals surface area contributed by atoms with Crippen LogP contribution in [-0.4, -0.2) is 28.2 Å². The van der Waals surface area contributed by atoms with E-state index in [0.29, 0.717) is 19.6 Å². The molecule has 24 heavy (non-hydrogen) atoms. The largest absolute Gasteiger partial charge is 0.351 e. The Morgan fingerprint density at radius 3 is 2.88 bits per heavy atom. The van der Waals surface area contributed by atoms with E-state index < -0.39 is 0 Å². The molecule has 126 valence electrons. The minimum Gasteiger partial charge on any atom is -0.351 e. The van der Waals surface area contributed by atoms with Crippen molar-refractivity contribution in [3.05, 3.63) is 52.0 Å². The van der Waals surface area contributed by atoms with Crippen LogP contribution in [0.25, 0.3) is 0 Å². The summed E-state index contributed by atoms with van der Waals surface area (Å²) in [5.41, 5.74) is 0.845. The maximum atomic E-state index is 12.3. The second-order valence-corrected chi connectivity index (χ2v) is 7.19. The lowest BCUT2D eigenvalue weighted by Gasteiger charge is -2.16. The molecule has 2 amide bonds. The fourth-order valence-electron chi connectivity index (χ4n) is 2.81. The molecule has 0 aromatic carbocycles. The molecule has 1 N–H and O–H groups in total. The lowest BCUT2D eigenvalue weighted by atomic mass is 10.1. The Morgan fingerprint density at radius 1 is 1.33 bits per heavy atom. The van der Waals surface area contributed by atoms with Crippen molar-refractivity contribution >= 4 is 23.2 Å². The summed E-state index contributed by atoms with van der Waals surface area (Å²) in [5.74, 6) is -0.296. The molecule has 6 heteroatoms. The van der Waals surface area contributed by atoms with E-state index in [1.54, 1.807) is 22.4 Å². The minimum atomic E-state index is -0.271. The molecular weight excluding hydrogens is 322 g/mol. The van der Waals surface area contributed by atoms with E-state index in [9.17, 15) is 9.59 Å². The summed E-state index contributed by atoms with van der Waals surface area (Å²) in [5, 5.41) is 2.96. The van der Waals surface area contributed by atoms with Crippen LogP contribution in [0.1, 0.15) is 28.8 Å². The van der Waals surface area contributed by atoms with Crippen molar-refractivity contribution in [2.24, 2.45) is 5.92 Å². The summed E-state index contributed by atoms with van der Waals surface area (Å²) >= 11 is 1.72. The number of hydrogen-bond acceptors (Lipinski definition) is 4. The standard InChI is InChI=1S/C18H21N3O2S/c1-2-15-6-7-16(24-15)10-20-18(23)13-9-17(22)21(11-13)12-14-5-3-4-8-19-14/h3-8,13H,2,9-12H2,1H3,(H,20,23). The van der Waals surface area contributed by atoms with Gasteiger partial charge >= 0.3 is 0 Å². The molecule has 1 unspecified atom stereocenters. The fourth-order valence-corrected chi connectivity index (χ4v) is 3.71. The molecule has 5 nitrogen and oxygen atoms in total. The molecule has 1 fully saturated rings. The number of aromatic nitrogens is 1. The molecule has 3 heterocycles. The Kier molecular flexibility index (Phi) is 5.25. The molecule has 2 aromatic heterocycles. The number of nitrogens with zero attached hydrogens (tertiary/aromatic N) is 2. The predicted molar refractivity (Wildman–Crippen MR) is 93.3 cm³/mol. The Hall–Kier alpha value is -2.21. The normalized spacial score (nSPS) is 17.3. The summed E-state index contributed by atoms with van der Waals surface area (Å²) in [6.45, 7) is 3.59. The first-order chi connectivity index (χ1) is 11.7. The van der Waals surface area contributed by atoms with Crippen LogP contribution < -0.4 is 5.32 Å². The Morgan fingerprint density at radius 2 is 2.17 bits per heavy atom. The van der Waals surface area contributed by atoms with Gasteiger partial charge in [0.2, 0.25) is 11.8 Å². The monoisotopic (exact) mass is 343 g/mol. The van der Waals surface area contributed by atoms with Crippen LogP contribution in [0.3, 0.4) is 0 Å². The quantitative estimate of drug-likeness (QED) is 0.876. The highest BCUT2D eigenvalue weighted by Gasteiger charge is 2.34. The number of thiophene rings is 1. The van der Waals surface area contributed by atoms with Crippen LogP contribution in [-0.2, 0) is 29.1 Å². The van der Waals surface area contributed by atoms with E-state index in [1.165, 1.54) is 4.88 Å². The van der Waals surface area contributed by atoms with Crippen LogP contribution in [0.2, 0.25) is 0 Å². The van der Waals surface area contributed by atoms with Crippen LogP contribution in [0.15, 0.2) is 36.5 Å². The van der Waals surface area contributed by atoms with Gasteiger partial charge in [0, 0.05) is 28.9 Å². The van der Waals surface area contributed by atoms with Gasteiger partial charge in [0.25, 0.3) is 0 Å². The summed E-state index contributed by atoms with van der Waals surface area (Å²) in [7, 11) is 0. The van der Waals surface area contributed by atoms with Gasteiger partial charge in [-0.05, 0) is 30.7 Å². The molecule has 1 saturated heterocycles. The van der Waals surface area contributed by atoms with Gasteiger partial charge in [-0.1, -0.05) is 13.0 Å². The highest BCUT2D eigenvalue weighted by atomic mass is 32.1. The average molecular weight is 343 g/mol. The van der Waals surface area contributed by atoms with Crippen molar-refractivity contribution in [2.75, 3.05) is 6.54 Å². The van der Waals surface area contributed by atoms with Crippen molar-refractivity contribution in [1.82, 2.24) is 15.2 Å². The van der Waals surface area contributed by atoms with E-state index in [4.69, 9.17) is 0 Å². The van der Waals surface area contributed by atoms with Crippen molar-refractivity contribution < 1.29 is 9.59 Å². The lowest BCUT2D eigenvalue weighted by Crippen LogP contribution is -2.32. The fraction of sp³-hybridized carbons (Fsp3) is 0.389. The number of carbonyl (C=O) groups is 2. The molecule has 0 saturated carbocycles. The summed E-state index contributed by atoms with van der Waals surface area (Å²) < 4.78 is 0. The van der Waals surface area contributed by atoms with Gasteiger partial charge in [0.15, 0.2) is 0 Å². The van der Waals surface area contributed by atoms with E-state index in [2.05, 4.69) is 29.4 Å². The molecule has 0 radical (unpaired) electrons. The molecule has 1 aliphatic heterocycles. The van der Waals surface area contributed by atoms with Gasteiger partial charge < -0.3 is 10.2 Å². The highest BCUT2D eigenvalue weighted by molar-refractivity contribution is 7.11. The SMILES string of the molecule is CCc1ccc(CNC(=O)C2CC(=O)N(Cc3ccccn3)C2)s1. The van der Waals surface area contributed by atoms with Gasteiger partial charge in [-0.2, -0.15) is 0 Å². The van der Waals surface area contributed by atoms with Crippen LogP contribution in [0.4, 0.5) is 0 Å². The maximum Gasteiger partial charge on any atom is 0.225 e. The van der Waals surface area contributed by atoms with Crippen molar-refractivity contribution in [1.29, 1.82) is 0 Å². The van der Waals surface area contributed by atoms with E-state index in [0.717, 1.165) is 17.0 Å². The molecule has 0 bridgehead atoms. The van der Waals surface area contributed by atoms with Gasteiger partial charge in [-0.15, -0.1) is 11.3 Å². The molecule has 1 atom stereocenters. The van der Waals surface area contributed by atoms with Gasteiger partial charge in [-0.25, -0.2) is 0 Å². The third-order valence-electron chi connectivity index (χ3n) is 4.17. The number of pyridine rings is 1. The molecule has 3 rings (SSSR count). The average Bonchev–Trinajstić information content (AvgIpc) is 3.21. The maximum absolute atomic E-state index is 12.3. The number of rotatable bonds is 6. The van der Waals surface area contributed by atoms with Crippen LogP contribution in [0, 0.1) is 5.92 Å². The zero-order valence-electron chi connectivity index (χ0n) is 13.7. The molecule has 0 spiro atoms. The zero-order valence-corrected chi connectivity index (χ0v) is 14.5. The molecule has 1 aliphatic rings. The second-order valence-electron chi connectivity index (χ2n) is 5.94. The van der Waals surface area contributed by atoms with Gasteiger partial charge in [0.1, 0.15) is 0 Å². The number of amides is 2. The Labute approximate surface area is 145 Å². The van der Waals surface area contributed by atoms with Gasteiger partial charge in [0.05, 0.1) is 24.7 Å². The minimum absolute atomic E-state index is 0.0187. The number of nitrogens with one attached hydrogen (secondary N) is 1. The highest BCUT2D eigenvalue weighted by Crippen LogP contribution is 2.21. The number of carbonyl (C=O) groups excluding carboxylic acids is 2. The zero-order chi connectivity index (χ0) is 16.9. The first-order valence-electron chi connectivity index (χ1n) is 8.18. The second kappa shape index (κ2) is 7.57. The molecule has 2 aromatic rings. The Bertz CT molecular complexity index is 714. The van der Waals surface area contributed by atoms with E-state index in [1.807, 2.05) is 18.2 Å². The molecular formula is C18H21N3O2S. The predicted octanol–water partition coefficient (Wildman–Crippen LogP) is 2.37. The van der Waals surface area contributed by atoms with Crippen LogP contribution in [0.5, 0.6) is 0 Å². The topological polar surface area (TPSA) is 62.3 Å². The third kappa shape index (κ3) is 4.00. The van der Waals surface area contributed by atoms with Crippen LogP contribution >= 0.6 is 11.3 Å². The van der Waals surface area contributed by atoms with E-state index in [-0.39, 0.29) is 24.2 Å². The van der Waals surface area contributed by atoms with E-state index >= 15 is 0 Å². The lowest BCUT2D eigenvalue weighted by molar-refractivity contribution is -0.129. The number of aryl methyl sites for hydroxylation is 1. The smallest absolute Gasteiger partial charge is 0.225 e. The summed E-state index contributed by atoms with van der Waals surface area (Å²) in [4.78, 5) is 32.9.